The Morgan fingerprint density at radius 2 is 1.79 bits per heavy atom. The zero-order valence-corrected chi connectivity index (χ0v) is 15.2. The summed E-state index contributed by atoms with van der Waals surface area (Å²) in [7, 11) is 0. The van der Waals surface area contributed by atoms with Crippen LogP contribution in [0.3, 0.4) is 0 Å². The van der Waals surface area contributed by atoms with Crippen LogP contribution in [0.15, 0.2) is 18.2 Å². The summed E-state index contributed by atoms with van der Waals surface area (Å²) in [5.74, 6) is -0.698. The Morgan fingerprint density at radius 1 is 1.12 bits per heavy atom. The number of carbonyl (C=O) groups excluding carboxylic acids is 2. The SMILES string of the molecule is Cc1ccc(NC(=O)C(=O)NCC2CCN(C(C)C)CC2)cc1C. The second kappa shape index (κ2) is 8.29. The van der Waals surface area contributed by atoms with E-state index in [4.69, 9.17) is 0 Å². The van der Waals surface area contributed by atoms with E-state index in [1.165, 1.54) is 0 Å². The highest BCUT2D eigenvalue weighted by molar-refractivity contribution is 6.39. The van der Waals surface area contributed by atoms with Crippen LogP contribution in [0.4, 0.5) is 5.69 Å². The molecule has 2 amide bonds. The number of carbonyl (C=O) groups is 2. The van der Waals surface area contributed by atoms with Gasteiger partial charge < -0.3 is 15.5 Å². The lowest BCUT2D eigenvalue weighted by atomic mass is 9.96. The van der Waals surface area contributed by atoms with Crippen LogP contribution in [-0.4, -0.2) is 42.4 Å². The van der Waals surface area contributed by atoms with Crippen molar-refractivity contribution in [2.75, 3.05) is 25.0 Å². The zero-order chi connectivity index (χ0) is 17.7. The van der Waals surface area contributed by atoms with Crippen LogP contribution >= 0.6 is 0 Å². The molecule has 5 heteroatoms. The van der Waals surface area contributed by atoms with Gasteiger partial charge in [-0.25, -0.2) is 0 Å². The molecule has 1 aromatic carbocycles. The van der Waals surface area contributed by atoms with Crippen molar-refractivity contribution < 1.29 is 9.59 Å². The number of nitrogens with zero attached hydrogens (tertiary/aromatic N) is 1. The molecule has 1 fully saturated rings. The minimum atomic E-state index is -0.599. The van der Waals surface area contributed by atoms with Crippen LogP contribution in [0.25, 0.3) is 0 Å². The van der Waals surface area contributed by atoms with Gasteiger partial charge in [0.25, 0.3) is 0 Å². The predicted molar refractivity (Wildman–Crippen MR) is 97.0 cm³/mol. The van der Waals surface area contributed by atoms with E-state index < -0.39 is 11.8 Å². The Kier molecular flexibility index (Phi) is 6.37. The van der Waals surface area contributed by atoms with Gasteiger partial charge in [-0.2, -0.15) is 0 Å². The summed E-state index contributed by atoms with van der Waals surface area (Å²) >= 11 is 0. The highest BCUT2D eigenvalue weighted by Crippen LogP contribution is 2.18. The molecule has 0 unspecified atom stereocenters. The first-order valence-corrected chi connectivity index (χ1v) is 8.77. The Bertz CT molecular complexity index is 590. The molecule has 5 nitrogen and oxygen atoms in total. The van der Waals surface area contributed by atoms with E-state index in [2.05, 4.69) is 29.4 Å². The standard InChI is InChI=1S/C19H29N3O2/c1-13(2)22-9-7-16(8-10-22)12-20-18(23)19(24)21-17-6-5-14(3)15(4)11-17/h5-6,11,13,16H,7-10,12H2,1-4H3,(H,20,23)(H,21,24). The molecule has 1 heterocycles. The number of hydrogen-bond acceptors (Lipinski definition) is 3. The first-order chi connectivity index (χ1) is 11.4. The number of hydrogen-bond donors (Lipinski definition) is 2. The molecular weight excluding hydrogens is 302 g/mol. The number of amides is 2. The molecule has 132 valence electrons. The summed E-state index contributed by atoms with van der Waals surface area (Å²) in [6.45, 7) is 11.1. The van der Waals surface area contributed by atoms with Gasteiger partial charge in [-0.05, 0) is 82.8 Å². The molecule has 0 spiro atoms. The molecule has 0 saturated carbocycles. The van der Waals surface area contributed by atoms with Crippen molar-refractivity contribution in [3.05, 3.63) is 29.3 Å². The molecule has 1 aliphatic heterocycles. The molecule has 1 aromatic rings. The lowest BCUT2D eigenvalue weighted by Gasteiger charge is -2.34. The topological polar surface area (TPSA) is 61.4 Å². The average Bonchev–Trinajstić information content (AvgIpc) is 2.56. The fourth-order valence-corrected chi connectivity index (χ4v) is 3.00. The van der Waals surface area contributed by atoms with Crippen LogP contribution in [0, 0.1) is 19.8 Å². The highest BCUT2D eigenvalue weighted by Gasteiger charge is 2.22. The van der Waals surface area contributed by atoms with Crippen LogP contribution in [0.1, 0.15) is 37.8 Å². The normalized spacial score (nSPS) is 16.2. The average molecular weight is 331 g/mol. The van der Waals surface area contributed by atoms with Crippen LogP contribution in [0.2, 0.25) is 0 Å². The van der Waals surface area contributed by atoms with E-state index in [-0.39, 0.29) is 0 Å². The van der Waals surface area contributed by atoms with Crippen molar-refractivity contribution >= 4 is 17.5 Å². The number of rotatable bonds is 4. The molecule has 0 bridgehead atoms. The lowest BCUT2D eigenvalue weighted by Crippen LogP contribution is -2.43. The van der Waals surface area contributed by atoms with E-state index in [1.807, 2.05) is 32.0 Å². The Balaban J connectivity index is 1.76. The molecule has 0 atom stereocenters. The molecule has 1 aliphatic rings. The second-order valence-corrected chi connectivity index (χ2v) is 7.04. The van der Waals surface area contributed by atoms with Crippen molar-refractivity contribution in [1.82, 2.24) is 10.2 Å². The quantitative estimate of drug-likeness (QED) is 0.833. The number of likely N-dealkylation sites (tertiary alicyclic amines) is 1. The van der Waals surface area contributed by atoms with Gasteiger partial charge >= 0.3 is 11.8 Å². The minimum absolute atomic E-state index is 0.457. The van der Waals surface area contributed by atoms with Gasteiger partial charge in [0.1, 0.15) is 0 Å². The highest BCUT2D eigenvalue weighted by atomic mass is 16.2. The number of anilines is 1. The zero-order valence-electron chi connectivity index (χ0n) is 15.2. The summed E-state index contributed by atoms with van der Waals surface area (Å²) in [5.41, 5.74) is 2.90. The third kappa shape index (κ3) is 5.06. The van der Waals surface area contributed by atoms with Gasteiger partial charge in [-0.15, -0.1) is 0 Å². The minimum Gasteiger partial charge on any atom is -0.348 e. The van der Waals surface area contributed by atoms with E-state index in [9.17, 15) is 9.59 Å². The van der Waals surface area contributed by atoms with Crippen LogP contribution in [-0.2, 0) is 9.59 Å². The third-order valence-corrected chi connectivity index (χ3v) is 4.90. The predicted octanol–water partition coefficient (Wildman–Crippen LogP) is 2.48. The van der Waals surface area contributed by atoms with Gasteiger partial charge in [-0.3, -0.25) is 9.59 Å². The Morgan fingerprint density at radius 3 is 2.38 bits per heavy atom. The summed E-state index contributed by atoms with van der Waals surface area (Å²) in [6.07, 6.45) is 2.13. The van der Waals surface area contributed by atoms with Crippen molar-refractivity contribution in [3.63, 3.8) is 0 Å². The van der Waals surface area contributed by atoms with Crippen molar-refractivity contribution in [2.24, 2.45) is 5.92 Å². The van der Waals surface area contributed by atoms with E-state index in [1.54, 1.807) is 0 Å². The first-order valence-electron chi connectivity index (χ1n) is 8.77. The van der Waals surface area contributed by atoms with Crippen molar-refractivity contribution in [3.8, 4) is 0 Å². The fraction of sp³-hybridized carbons (Fsp3) is 0.579. The summed E-state index contributed by atoms with van der Waals surface area (Å²) in [6, 6.07) is 6.20. The Labute approximate surface area is 144 Å². The molecule has 0 radical (unpaired) electrons. The number of aryl methyl sites for hydroxylation is 2. The summed E-state index contributed by atoms with van der Waals surface area (Å²) in [4.78, 5) is 26.4. The molecule has 2 N–H and O–H groups in total. The van der Waals surface area contributed by atoms with E-state index in [0.717, 1.165) is 37.1 Å². The smallest absolute Gasteiger partial charge is 0.313 e. The second-order valence-electron chi connectivity index (χ2n) is 7.04. The number of nitrogens with one attached hydrogen (secondary N) is 2. The fourth-order valence-electron chi connectivity index (χ4n) is 3.00. The molecule has 2 rings (SSSR count). The van der Waals surface area contributed by atoms with Crippen LogP contribution < -0.4 is 10.6 Å². The van der Waals surface area contributed by atoms with Gasteiger partial charge in [0, 0.05) is 18.3 Å². The van der Waals surface area contributed by atoms with Gasteiger partial charge in [0.15, 0.2) is 0 Å². The van der Waals surface area contributed by atoms with Gasteiger partial charge in [0.2, 0.25) is 0 Å². The third-order valence-electron chi connectivity index (χ3n) is 4.90. The first kappa shape index (κ1) is 18.5. The molecule has 0 aliphatic carbocycles. The lowest BCUT2D eigenvalue weighted by molar-refractivity contribution is -0.136. The van der Waals surface area contributed by atoms with Crippen molar-refractivity contribution in [1.29, 1.82) is 0 Å². The largest absolute Gasteiger partial charge is 0.348 e. The molecule has 1 saturated heterocycles. The molecular formula is C19H29N3O2. The van der Waals surface area contributed by atoms with E-state index >= 15 is 0 Å². The van der Waals surface area contributed by atoms with Gasteiger partial charge in [0.05, 0.1) is 0 Å². The number of piperidine rings is 1. The molecule has 0 aromatic heterocycles. The maximum absolute atomic E-state index is 12.0. The maximum Gasteiger partial charge on any atom is 0.313 e. The maximum atomic E-state index is 12.0. The van der Waals surface area contributed by atoms with Crippen molar-refractivity contribution in [2.45, 2.75) is 46.6 Å². The monoisotopic (exact) mass is 331 g/mol. The number of benzene rings is 1. The molecule has 24 heavy (non-hydrogen) atoms. The van der Waals surface area contributed by atoms with Crippen LogP contribution in [0.5, 0.6) is 0 Å². The van der Waals surface area contributed by atoms with E-state index in [0.29, 0.717) is 24.2 Å². The summed E-state index contributed by atoms with van der Waals surface area (Å²) < 4.78 is 0. The summed E-state index contributed by atoms with van der Waals surface area (Å²) in [5, 5.41) is 5.43. The Hall–Kier alpha value is -1.88. The van der Waals surface area contributed by atoms with Gasteiger partial charge in [-0.1, -0.05) is 6.07 Å².